The Balaban J connectivity index is 0.000000249. The summed E-state index contributed by atoms with van der Waals surface area (Å²) in [6.45, 7) is 1.86. The van der Waals surface area contributed by atoms with Crippen molar-refractivity contribution in [1.29, 1.82) is 0 Å². The summed E-state index contributed by atoms with van der Waals surface area (Å²) in [6.07, 6.45) is 13.2. The second kappa shape index (κ2) is 16.5. The molecule has 0 aliphatic carbocycles. The van der Waals surface area contributed by atoms with E-state index in [1.54, 1.807) is 30.5 Å². The number of fused-ring (bicyclic) bond motifs is 2. The number of halogens is 2. The molecule has 1 fully saturated rings. The zero-order valence-electron chi connectivity index (χ0n) is 25.5. The highest BCUT2D eigenvalue weighted by Crippen LogP contribution is 2.23. The molecule has 47 heavy (non-hydrogen) atoms. The van der Waals surface area contributed by atoms with Gasteiger partial charge in [0.15, 0.2) is 0 Å². The average molecular weight is 664 g/mol. The van der Waals surface area contributed by atoms with Crippen molar-refractivity contribution in [1.82, 2.24) is 14.9 Å². The van der Waals surface area contributed by atoms with Gasteiger partial charge in [-0.2, -0.15) is 0 Å². The molecule has 11 nitrogen and oxygen atoms in total. The molecule has 3 aliphatic heterocycles. The maximum Gasteiger partial charge on any atom is 0.328 e. The number of rotatable bonds is 7. The molecule has 0 bridgehead atoms. The summed E-state index contributed by atoms with van der Waals surface area (Å²) >= 11 is 0. The maximum atomic E-state index is 13.0. The van der Waals surface area contributed by atoms with Crippen molar-refractivity contribution in [2.24, 2.45) is 5.92 Å². The number of ether oxygens (including phenoxy) is 1. The number of anilines is 2. The molecular weight excluding hydrogens is 629 g/mol. The van der Waals surface area contributed by atoms with Crippen molar-refractivity contribution >= 4 is 59.9 Å². The van der Waals surface area contributed by atoms with Crippen LogP contribution in [0, 0.1) is 11.7 Å². The molecule has 0 spiro atoms. The van der Waals surface area contributed by atoms with Crippen LogP contribution in [-0.2, 0) is 32.0 Å². The summed E-state index contributed by atoms with van der Waals surface area (Å²) in [7, 11) is 0. The Bertz CT molecular complexity index is 1680. The summed E-state index contributed by atoms with van der Waals surface area (Å²) in [5.41, 5.74) is 3.48. The van der Waals surface area contributed by atoms with Gasteiger partial charge in [-0.3, -0.25) is 14.4 Å². The second-order valence-electron chi connectivity index (χ2n) is 11.2. The Hall–Kier alpha value is -5.10. The van der Waals surface area contributed by atoms with Crippen LogP contribution in [-0.4, -0.2) is 63.4 Å². The summed E-state index contributed by atoms with van der Waals surface area (Å²) in [4.78, 5) is 55.7. The van der Waals surface area contributed by atoms with Crippen molar-refractivity contribution in [3.63, 3.8) is 0 Å². The molecule has 0 saturated carbocycles. The van der Waals surface area contributed by atoms with Gasteiger partial charge in [-0.1, -0.05) is 0 Å². The largest absolute Gasteiger partial charge is 0.493 e. The van der Waals surface area contributed by atoms with Crippen LogP contribution in [0.1, 0.15) is 47.9 Å². The SMILES string of the molecule is Cl.O=C(O)/C=C/c1cnc2c(c1)CCC(=O)N2.O=C1CCc2cc(/C=C/C(=O)N3CCCC(COc4ccc(F)cc4)C3)cnc2N1. The van der Waals surface area contributed by atoms with Gasteiger partial charge in [0.25, 0.3) is 0 Å². The molecule has 3 N–H and O–H groups in total. The molecule has 1 aromatic carbocycles. The summed E-state index contributed by atoms with van der Waals surface area (Å²) in [6, 6.07) is 9.77. The number of pyridine rings is 2. The molecule has 1 atom stereocenters. The number of aromatic nitrogens is 2. The Morgan fingerprint density at radius 3 is 2.06 bits per heavy atom. The van der Waals surface area contributed by atoms with Crippen LogP contribution in [0.25, 0.3) is 12.2 Å². The van der Waals surface area contributed by atoms with Gasteiger partial charge in [-0.25, -0.2) is 19.2 Å². The van der Waals surface area contributed by atoms with E-state index in [1.165, 1.54) is 24.4 Å². The lowest BCUT2D eigenvalue weighted by molar-refractivity contribution is -0.131. The second-order valence-corrected chi connectivity index (χ2v) is 11.2. The van der Waals surface area contributed by atoms with E-state index in [0.717, 1.165) is 47.7 Å². The van der Waals surface area contributed by atoms with Crippen LogP contribution in [0.15, 0.2) is 60.9 Å². The Morgan fingerprint density at radius 2 is 1.49 bits per heavy atom. The fraction of sp³-hybridized carbons (Fsp3) is 0.294. The highest BCUT2D eigenvalue weighted by atomic mass is 35.5. The number of carboxylic acid groups (broad SMARTS) is 1. The normalized spacial score (nSPS) is 17.0. The Kier molecular flexibility index (Phi) is 12.2. The molecule has 6 rings (SSSR count). The van der Waals surface area contributed by atoms with E-state index in [0.29, 0.717) is 56.2 Å². The third-order valence-electron chi connectivity index (χ3n) is 7.70. The zero-order valence-corrected chi connectivity index (χ0v) is 26.3. The van der Waals surface area contributed by atoms with Crippen LogP contribution in [0.5, 0.6) is 5.75 Å². The molecule has 13 heteroatoms. The van der Waals surface area contributed by atoms with Gasteiger partial charge in [0.1, 0.15) is 23.2 Å². The lowest BCUT2D eigenvalue weighted by atomic mass is 9.99. The van der Waals surface area contributed by atoms with E-state index in [2.05, 4.69) is 20.6 Å². The van der Waals surface area contributed by atoms with E-state index in [4.69, 9.17) is 9.84 Å². The van der Waals surface area contributed by atoms with Crippen molar-refractivity contribution in [2.45, 2.75) is 38.5 Å². The van der Waals surface area contributed by atoms with Gasteiger partial charge in [-0.05, 0) is 96.5 Å². The smallest absolute Gasteiger partial charge is 0.328 e. The molecule has 3 aliphatic rings. The third kappa shape index (κ3) is 10.2. The number of benzene rings is 1. The molecule has 1 unspecified atom stereocenters. The number of aryl methyl sites for hydroxylation is 2. The number of amides is 3. The average Bonchev–Trinajstić information content (AvgIpc) is 3.06. The van der Waals surface area contributed by atoms with Crippen molar-refractivity contribution in [2.75, 3.05) is 30.3 Å². The highest BCUT2D eigenvalue weighted by molar-refractivity contribution is 5.94. The number of nitrogens with one attached hydrogen (secondary N) is 2. The number of aliphatic carboxylic acids is 1. The first-order valence-corrected chi connectivity index (χ1v) is 15.1. The van der Waals surface area contributed by atoms with Gasteiger partial charge in [0, 0.05) is 56.4 Å². The minimum Gasteiger partial charge on any atom is -0.493 e. The third-order valence-corrected chi connectivity index (χ3v) is 7.70. The number of carboxylic acids is 1. The van der Waals surface area contributed by atoms with Gasteiger partial charge in [-0.15, -0.1) is 12.4 Å². The minimum absolute atomic E-state index is 0. The molecule has 0 radical (unpaired) electrons. The van der Waals surface area contributed by atoms with Crippen LogP contribution >= 0.6 is 12.4 Å². The summed E-state index contributed by atoms with van der Waals surface area (Å²) in [5.74, 6) is 0.691. The summed E-state index contributed by atoms with van der Waals surface area (Å²) < 4.78 is 18.7. The lowest BCUT2D eigenvalue weighted by Gasteiger charge is -2.32. The number of likely N-dealkylation sites (tertiary alicyclic amines) is 1. The molecule has 3 aromatic rings. The van der Waals surface area contributed by atoms with E-state index < -0.39 is 5.97 Å². The molecule has 246 valence electrons. The minimum atomic E-state index is -0.994. The fourth-order valence-corrected chi connectivity index (χ4v) is 5.32. The topological polar surface area (TPSA) is 151 Å². The van der Waals surface area contributed by atoms with Gasteiger partial charge in [0.2, 0.25) is 17.7 Å². The molecule has 2 aromatic heterocycles. The van der Waals surface area contributed by atoms with E-state index in [1.807, 2.05) is 17.0 Å². The van der Waals surface area contributed by atoms with Gasteiger partial charge < -0.3 is 25.4 Å². The van der Waals surface area contributed by atoms with Crippen molar-refractivity contribution in [3.8, 4) is 5.75 Å². The number of hydrogen-bond acceptors (Lipinski definition) is 7. The number of nitrogens with zero attached hydrogens (tertiary/aromatic N) is 3. The van der Waals surface area contributed by atoms with Crippen LogP contribution < -0.4 is 15.4 Å². The first-order valence-electron chi connectivity index (χ1n) is 15.1. The Labute approximate surface area is 277 Å². The molecular formula is C34H35ClFN5O6. The first kappa shape index (κ1) is 34.8. The van der Waals surface area contributed by atoms with E-state index in [9.17, 15) is 23.6 Å². The predicted octanol–water partition coefficient (Wildman–Crippen LogP) is 4.92. The number of hydrogen-bond donors (Lipinski definition) is 3. The van der Waals surface area contributed by atoms with Crippen LogP contribution in [0.2, 0.25) is 0 Å². The first-order chi connectivity index (χ1) is 22.2. The predicted molar refractivity (Wildman–Crippen MR) is 177 cm³/mol. The number of piperidine rings is 1. The van der Waals surface area contributed by atoms with Crippen molar-refractivity contribution < 1.29 is 33.4 Å². The quantitative estimate of drug-likeness (QED) is 0.302. The fourth-order valence-electron chi connectivity index (χ4n) is 5.32. The van der Waals surface area contributed by atoms with Crippen LogP contribution in [0.4, 0.5) is 16.0 Å². The zero-order chi connectivity index (χ0) is 32.5. The molecule has 1 saturated heterocycles. The Morgan fingerprint density at radius 1 is 0.915 bits per heavy atom. The van der Waals surface area contributed by atoms with Gasteiger partial charge >= 0.3 is 5.97 Å². The molecule has 3 amide bonds. The number of carbonyl (C=O) groups is 4. The van der Waals surface area contributed by atoms with E-state index in [-0.39, 0.29) is 41.9 Å². The monoisotopic (exact) mass is 663 g/mol. The molecule has 5 heterocycles. The highest BCUT2D eigenvalue weighted by Gasteiger charge is 2.23. The summed E-state index contributed by atoms with van der Waals surface area (Å²) in [5, 5.41) is 13.9. The van der Waals surface area contributed by atoms with E-state index >= 15 is 0 Å². The van der Waals surface area contributed by atoms with Crippen LogP contribution in [0.3, 0.4) is 0 Å². The lowest BCUT2D eigenvalue weighted by Crippen LogP contribution is -2.40. The standard InChI is InChI=1S/C23H24FN3O3.C11H10N2O3.ClH/c24-19-5-7-20(8-6-19)30-15-17-2-1-11-27(14-17)22(29)10-3-16-12-18-4-9-21(28)26-23(18)25-13-16;14-9-3-2-8-5-7(1-4-10(15)16)6-12-11(8)13-9;/h3,5-8,10,12-13,17H,1-2,4,9,11,14-15H2,(H,25,26,28);1,4-6H,2-3H2,(H,15,16)(H,12,13,14);1H/b10-3+;4-1+;. The van der Waals surface area contributed by atoms with Crippen molar-refractivity contribution in [3.05, 3.63) is 89.0 Å². The number of carbonyl (C=O) groups excluding carboxylic acids is 3. The van der Waals surface area contributed by atoms with Gasteiger partial charge in [0.05, 0.1) is 6.61 Å². The maximum absolute atomic E-state index is 13.0.